The van der Waals surface area contributed by atoms with Gasteiger partial charge in [-0.15, -0.1) is 0 Å². The highest BCUT2D eigenvalue weighted by Gasteiger charge is 2.26. The van der Waals surface area contributed by atoms with E-state index >= 15 is 0 Å². The standard InChI is InChI=1S/C50H90NO7P/c1-6-8-10-12-14-16-18-20-22-24-25-26-27-28-29-31-33-35-37-39-41-43-50(52)58-49(48-57-59(53,54)56-46-44-51(3,4)5)47-55-45-42-40-38-36-34-32-30-23-21-19-17-15-13-11-9-7-2/h9,11,15,17-18,20-21,23-25,32,34,49H,6-8,10,12-14,16,19,22,26-31,33,35-48H2,1-5H3/p+1/b11-9-,17-15-,20-18-,23-21-,25-24-,34-32-. The molecule has 0 rings (SSSR count). The van der Waals surface area contributed by atoms with Crippen molar-refractivity contribution < 1.29 is 37.3 Å². The van der Waals surface area contributed by atoms with Gasteiger partial charge >= 0.3 is 13.8 Å². The van der Waals surface area contributed by atoms with Gasteiger partial charge in [-0.05, 0) is 83.5 Å². The molecule has 0 amide bonds. The minimum Gasteiger partial charge on any atom is -0.457 e. The number of unbranched alkanes of at least 4 members (excludes halogenated alkanes) is 17. The first kappa shape index (κ1) is 56.9. The fourth-order valence-electron chi connectivity index (χ4n) is 6.10. The number of likely N-dealkylation sites (N-methyl/N-ethyl adjacent to an activating group) is 1. The van der Waals surface area contributed by atoms with Crippen LogP contribution in [0.3, 0.4) is 0 Å². The number of phosphoric acid groups is 1. The number of phosphoric ester groups is 1. The number of nitrogens with zero attached hydrogens (tertiary/aromatic N) is 1. The topological polar surface area (TPSA) is 91.3 Å². The van der Waals surface area contributed by atoms with Crippen LogP contribution in [0, 0.1) is 0 Å². The molecule has 0 radical (unpaired) electrons. The van der Waals surface area contributed by atoms with E-state index in [4.69, 9.17) is 18.5 Å². The molecule has 0 saturated heterocycles. The minimum atomic E-state index is -4.29. The lowest BCUT2D eigenvalue weighted by molar-refractivity contribution is -0.870. The Morgan fingerprint density at radius 3 is 1.47 bits per heavy atom. The van der Waals surface area contributed by atoms with Gasteiger partial charge < -0.3 is 18.9 Å². The number of ether oxygens (including phenoxy) is 2. The molecule has 59 heavy (non-hydrogen) atoms. The van der Waals surface area contributed by atoms with E-state index in [1.165, 1.54) is 83.5 Å². The van der Waals surface area contributed by atoms with Crippen LogP contribution in [-0.2, 0) is 27.9 Å². The zero-order valence-electron chi connectivity index (χ0n) is 38.7. The highest BCUT2D eigenvalue weighted by molar-refractivity contribution is 7.47. The van der Waals surface area contributed by atoms with Gasteiger partial charge in [-0.3, -0.25) is 13.8 Å². The Hall–Kier alpha value is -2.06. The zero-order valence-corrected chi connectivity index (χ0v) is 39.6. The summed E-state index contributed by atoms with van der Waals surface area (Å²) in [7, 11) is 1.63. The van der Waals surface area contributed by atoms with Crippen molar-refractivity contribution in [3.63, 3.8) is 0 Å². The first-order valence-electron chi connectivity index (χ1n) is 23.7. The minimum absolute atomic E-state index is 0.0778. The third kappa shape index (κ3) is 46.9. The monoisotopic (exact) mass is 849 g/mol. The summed E-state index contributed by atoms with van der Waals surface area (Å²) in [5.74, 6) is -0.332. The normalized spacial score (nSPS) is 14.3. The number of hydrogen-bond donors (Lipinski definition) is 1. The van der Waals surface area contributed by atoms with Crippen molar-refractivity contribution in [2.24, 2.45) is 0 Å². The van der Waals surface area contributed by atoms with Gasteiger partial charge in [0.25, 0.3) is 0 Å². The third-order valence-electron chi connectivity index (χ3n) is 9.75. The largest absolute Gasteiger partial charge is 0.472 e. The summed E-state index contributed by atoms with van der Waals surface area (Å²) >= 11 is 0. The Morgan fingerprint density at radius 1 is 0.542 bits per heavy atom. The van der Waals surface area contributed by atoms with Gasteiger partial charge in [0.05, 0.1) is 34.4 Å². The molecule has 0 aliphatic carbocycles. The van der Waals surface area contributed by atoms with E-state index < -0.39 is 13.9 Å². The lowest BCUT2D eigenvalue weighted by Gasteiger charge is -2.24. The number of esters is 1. The summed E-state index contributed by atoms with van der Waals surface area (Å²) in [6.07, 6.45) is 55.1. The number of carbonyl (C=O) groups excluding carboxylic acids is 1. The van der Waals surface area contributed by atoms with Gasteiger partial charge in [0.1, 0.15) is 19.3 Å². The first-order chi connectivity index (χ1) is 28.6. The van der Waals surface area contributed by atoms with Crippen LogP contribution in [0.5, 0.6) is 0 Å². The molecular weight excluding hydrogens is 758 g/mol. The Balaban J connectivity index is 4.25. The van der Waals surface area contributed by atoms with Gasteiger partial charge in [-0.25, -0.2) is 4.57 Å². The summed E-state index contributed by atoms with van der Waals surface area (Å²) in [5, 5.41) is 0. The van der Waals surface area contributed by atoms with Crippen LogP contribution < -0.4 is 0 Å². The molecule has 0 aromatic carbocycles. The van der Waals surface area contributed by atoms with Crippen molar-refractivity contribution in [3.8, 4) is 0 Å². The number of carbonyl (C=O) groups is 1. The predicted molar refractivity (Wildman–Crippen MR) is 252 cm³/mol. The molecular formula is C50H91NO7P+. The summed E-state index contributed by atoms with van der Waals surface area (Å²) in [6, 6.07) is 0. The van der Waals surface area contributed by atoms with E-state index in [1.54, 1.807) is 0 Å². The molecule has 0 aliphatic rings. The second kappa shape index (κ2) is 42.6. The van der Waals surface area contributed by atoms with E-state index in [0.717, 1.165) is 77.0 Å². The maximum absolute atomic E-state index is 12.7. The van der Waals surface area contributed by atoms with Crippen molar-refractivity contribution in [1.82, 2.24) is 0 Å². The highest BCUT2D eigenvalue weighted by Crippen LogP contribution is 2.43. The third-order valence-corrected chi connectivity index (χ3v) is 10.7. The predicted octanol–water partition coefficient (Wildman–Crippen LogP) is 14.3. The molecule has 342 valence electrons. The quantitative estimate of drug-likeness (QED) is 0.0215. The SMILES string of the molecule is CC/C=C\C/C=C\C/C=C\C/C=C\CCCCCOCC(COP(=O)(O)OCC[N+](C)(C)C)OC(=O)CCCCCCCCCCC/C=C\C/C=C\CCCCCCC. The summed E-state index contributed by atoms with van der Waals surface area (Å²) in [4.78, 5) is 22.9. The Bertz CT molecular complexity index is 1170. The van der Waals surface area contributed by atoms with Gasteiger partial charge in [0.2, 0.25) is 0 Å². The maximum Gasteiger partial charge on any atom is 0.472 e. The number of rotatable bonds is 43. The molecule has 0 aliphatic heterocycles. The fraction of sp³-hybridized carbons (Fsp3) is 0.740. The van der Waals surface area contributed by atoms with Crippen molar-refractivity contribution in [2.45, 2.75) is 187 Å². The molecule has 0 saturated carbocycles. The molecule has 0 spiro atoms. The molecule has 2 unspecified atom stereocenters. The zero-order chi connectivity index (χ0) is 43.4. The van der Waals surface area contributed by atoms with Crippen LogP contribution in [0.15, 0.2) is 72.9 Å². The summed E-state index contributed by atoms with van der Waals surface area (Å²) in [6.45, 7) is 5.40. The second-order valence-electron chi connectivity index (χ2n) is 16.8. The van der Waals surface area contributed by atoms with Crippen molar-refractivity contribution >= 4 is 13.8 Å². The molecule has 8 nitrogen and oxygen atoms in total. The van der Waals surface area contributed by atoms with Gasteiger partial charge in [0, 0.05) is 13.0 Å². The lowest BCUT2D eigenvalue weighted by Crippen LogP contribution is -2.37. The van der Waals surface area contributed by atoms with Crippen LogP contribution in [0.2, 0.25) is 0 Å². The molecule has 0 fully saturated rings. The van der Waals surface area contributed by atoms with Crippen LogP contribution in [-0.4, -0.2) is 75.6 Å². The molecule has 0 aromatic rings. The smallest absolute Gasteiger partial charge is 0.457 e. The molecule has 1 N–H and O–H groups in total. The van der Waals surface area contributed by atoms with Crippen molar-refractivity contribution in [1.29, 1.82) is 0 Å². The fourth-order valence-corrected chi connectivity index (χ4v) is 6.84. The van der Waals surface area contributed by atoms with E-state index in [1.807, 2.05) is 21.1 Å². The average molecular weight is 849 g/mol. The van der Waals surface area contributed by atoms with Crippen molar-refractivity contribution in [3.05, 3.63) is 72.9 Å². The number of allylic oxidation sites excluding steroid dienone is 12. The van der Waals surface area contributed by atoms with Gasteiger partial charge in [-0.2, -0.15) is 0 Å². The highest BCUT2D eigenvalue weighted by atomic mass is 31.2. The van der Waals surface area contributed by atoms with Crippen LogP contribution in [0.1, 0.15) is 181 Å². The van der Waals surface area contributed by atoms with E-state index in [0.29, 0.717) is 24.1 Å². The molecule has 0 aromatic heterocycles. The average Bonchev–Trinajstić information content (AvgIpc) is 3.19. The van der Waals surface area contributed by atoms with E-state index in [9.17, 15) is 14.3 Å². The summed E-state index contributed by atoms with van der Waals surface area (Å²) < 4.78 is 35.0. The van der Waals surface area contributed by atoms with Gasteiger partial charge in [-0.1, -0.05) is 164 Å². The molecule has 2 atom stereocenters. The maximum atomic E-state index is 12.7. The Kier molecular flexibility index (Phi) is 41.1. The molecule has 0 heterocycles. The second-order valence-corrected chi connectivity index (χ2v) is 18.2. The van der Waals surface area contributed by atoms with Crippen LogP contribution >= 0.6 is 7.82 Å². The van der Waals surface area contributed by atoms with Gasteiger partial charge in [0.15, 0.2) is 0 Å². The van der Waals surface area contributed by atoms with Crippen LogP contribution in [0.4, 0.5) is 0 Å². The molecule has 0 bridgehead atoms. The lowest BCUT2D eigenvalue weighted by atomic mass is 10.1. The first-order valence-corrected chi connectivity index (χ1v) is 25.2. The molecule has 9 heteroatoms. The van der Waals surface area contributed by atoms with Crippen LogP contribution in [0.25, 0.3) is 0 Å². The van der Waals surface area contributed by atoms with E-state index in [2.05, 4.69) is 86.8 Å². The summed E-state index contributed by atoms with van der Waals surface area (Å²) in [5.41, 5.74) is 0. The number of hydrogen-bond acceptors (Lipinski definition) is 6. The van der Waals surface area contributed by atoms with Crippen molar-refractivity contribution in [2.75, 3.05) is 54.1 Å². The number of quaternary nitrogens is 1. The Labute approximate surface area is 363 Å². The Morgan fingerprint density at radius 2 is 0.983 bits per heavy atom. The van der Waals surface area contributed by atoms with E-state index in [-0.39, 0.29) is 25.8 Å².